The Bertz CT molecular complexity index is 1110. The first-order valence-electron chi connectivity index (χ1n) is 8.51. The van der Waals surface area contributed by atoms with Crippen molar-refractivity contribution in [3.05, 3.63) is 71.4 Å². The second-order valence-corrected chi connectivity index (χ2v) is 6.83. The number of aryl methyl sites for hydroxylation is 1. The molecule has 1 aliphatic rings. The lowest BCUT2D eigenvalue weighted by Gasteiger charge is -2.10. The molecule has 6 nitrogen and oxygen atoms in total. The van der Waals surface area contributed by atoms with Crippen LogP contribution in [-0.4, -0.2) is 24.9 Å². The number of nitrogens with zero attached hydrogens (tertiary/aromatic N) is 5. The smallest absolute Gasteiger partial charge is 0.248 e. The van der Waals surface area contributed by atoms with Gasteiger partial charge in [-0.2, -0.15) is 10.1 Å². The van der Waals surface area contributed by atoms with Gasteiger partial charge < -0.3 is 4.52 Å². The van der Waals surface area contributed by atoms with Crippen molar-refractivity contribution in [2.24, 2.45) is 0 Å². The van der Waals surface area contributed by atoms with E-state index < -0.39 is 0 Å². The maximum absolute atomic E-state index is 13.6. The molecule has 0 unspecified atom stereocenters. The van der Waals surface area contributed by atoms with Crippen LogP contribution in [0.5, 0.6) is 0 Å². The zero-order valence-electron chi connectivity index (χ0n) is 14.2. The Balaban J connectivity index is 1.45. The molecular formula is C19H16FN5O. The second kappa shape index (κ2) is 5.45. The summed E-state index contributed by atoms with van der Waals surface area (Å²) in [5.41, 5.74) is 2.43. The molecule has 0 N–H and O–H groups in total. The van der Waals surface area contributed by atoms with Crippen LogP contribution >= 0.6 is 0 Å². The summed E-state index contributed by atoms with van der Waals surface area (Å²) in [6.45, 7) is 2.35. The SMILES string of the molecule is Cc1cnc2c(cnn2Cc2nc(C3(c4cccc(F)c4)CC3)no2)c1. The average molecular weight is 349 g/mol. The van der Waals surface area contributed by atoms with E-state index in [9.17, 15) is 4.39 Å². The molecule has 26 heavy (non-hydrogen) atoms. The van der Waals surface area contributed by atoms with Gasteiger partial charge in [-0.3, -0.25) is 0 Å². The maximum Gasteiger partial charge on any atom is 0.248 e. The van der Waals surface area contributed by atoms with Crippen LogP contribution in [0.3, 0.4) is 0 Å². The minimum Gasteiger partial charge on any atom is -0.337 e. The predicted octanol–water partition coefficient (Wildman–Crippen LogP) is 3.39. The third kappa shape index (κ3) is 2.39. The summed E-state index contributed by atoms with van der Waals surface area (Å²) in [5, 5.41) is 9.50. The lowest BCUT2D eigenvalue weighted by molar-refractivity contribution is 0.360. The third-order valence-corrected chi connectivity index (χ3v) is 4.92. The van der Waals surface area contributed by atoms with Crippen LogP contribution in [0.25, 0.3) is 11.0 Å². The summed E-state index contributed by atoms with van der Waals surface area (Å²) >= 11 is 0. The van der Waals surface area contributed by atoms with Crippen molar-refractivity contribution < 1.29 is 8.91 Å². The quantitative estimate of drug-likeness (QED) is 0.565. The molecule has 3 aromatic heterocycles. The molecule has 0 bridgehead atoms. The summed E-state index contributed by atoms with van der Waals surface area (Å²) in [7, 11) is 0. The van der Waals surface area contributed by atoms with E-state index in [-0.39, 0.29) is 11.2 Å². The van der Waals surface area contributed by atoms with Crippen LogP contribution in [0.4, 0.5) is 4.39 Å². The van der Waals surface area contributed by atoms with Crippen LogP contribution in [0.2, 0.25) is 0 Å². The van der Waals surface area contributed by atoms with E-state index in [0.717, 1.165) is 35.0 Å². The summed E-state index contributed by atoms with van der Waals surface area (Å²) < 4.78 is 20.8. The van der Waals surface area contributed by atoms with Gasteiger partial charge in [0, 0.05) is 11.6 Å². The molecule has 7 heteroatoms. The van der Waals surface area contributed by atoms with E-state index in [2.05, 4.69) is 20.2 Å². The highest BCUT2D eigenvalue weighted by Gasteiger charge is 2.50. The molecule has 0 amide bonds. The Labute approximate surface area is 148 Å². The summed E-state index contributed by atoms with van der Waals surface area (Å²) in [6, 6.07) is 8.66. The molecule has 1 saturated carbocycles. The highest BCUT2D eigenvalue weighted by atomic mass is 19.1. The van der Waals surface area contributed by atoms with Gasteiger partial charge in [-0.25, -0.2) is 14.1 Å². The highest BCUT2D eigenvalue weighted by molar-refractivity contribution is 5.74. The lowest BCUT2D eigenvalue weighted by atomic mass is 9.95. The van der Waals surface area contributed by atoms with E-state index >= 15 is 0 Å². The first-order chi connectivity index (χ1) is 12.6. The minimum absolute atomic E-state index is 0.248. The third-order valence-electron chi connectivity index (χ3n) is 4.92. The van der Waals surface area contributed by atoms with Crippen LogP contribution in [0.15, 0.2) is 47.2 Å². The number of hydrogen-bond donors (Lipinski definition) is 0. The van der Waals surface area contributed by atoms with Gasteiger partial charge in [0.25, 0.3) is 0 Å². The number of hydrogen-bond acceptors (Lipinski definition) is 5. The van der Waals surface area contributed by atoms with E-state index in [1.165, 1.54) is 6.07 Å². The standard InChI is InChI=1S/C19H16FN5O/c1-12-7-13-10-22-25(17(13)21-9-12)11-16-23-18(24-26-16)19(5-6-19)14-3-2-4-15(20)8-14/h2-4,7-10H,5-6,11H2,1H3. The monoisotopic (exact) mass is 349 g/mol. The number of fused-ring (bicyclic) bond motifs is 1. The van der Waals surface area contributed by atoms with Crippen molar-refractivity contribution in [1.82, 2.24) is 24.9 Å². The fourth-order valence-electron chi connectivity index (χ4n) is 3.39. The Morgan fingerprint density at radius 3 is 2.92 bits per heavy atom. The molecule has 0 atom stereocenters. The predicted molar refractivity (Wildman–Crippen MR) is 92.1 cm³/mol. The Hall–Kier alpha value is -3.09. The fraction of sp³-hybridized carbons (Fsp3) is 0.263. The van der Waals surface area contributed by atoms with E-state index in [1.807, 2.05) is 25.3 Å². The van der Waals surface area contributed by atoms with Crippen LogP contribution in [-0.2, 0) is 12.0 Å². The van der Waals surface area contributed by atoms with Crippen molar-refractivity contribution in [1.29, 1.82) is 0 Å². The number of halogens is 1. The number of aromatic nitrogens is 5. The Kier molecular flexibility index (Phi) is 3.19. The Morgan fingerprint density at radius 2 is 2.12 bits per heavy atom. The van der Waals surface area contributed by atoms with E-state index in [1.54, 1.807) is 23.0 Å². The van der Waals surface area contributed by atoms with Crippen molar-refractivity contribution >= 4 is 11.0 Å². The zero-order valence-corrected chi connectivity index (χ0v) is 14.2. The van der Waals surface area contributed by atoms with Gasteiger partial charge in [-0.15, -0.1) is 0 Å². The topological polar surface area (TPSA) is 69.6 Å². The first-order valence-corrected chi connectivity index (χ1v) is 8.51. The highest BCUT2D eigenvalue weighted by Crippen LogP contribution is 2.52. The van der Waals surface area contributed by atoms with Gasteiger partial charge in [-0.05, 0) is 49.1 Å². The largest absolute Gasteiger partial charge is 0.337 e. The molecule has 4 aromatic rings. The van der Waals surface area contributed by atoms with Crippen LogP contribution < -0.4 is 0 Å². The van der Waals surface area contributed by atoms with Crippen molar-refractivity contribution in [3.8, 4) is 0 Å². The van der Waals surface area contributed by atoms with Crippen molar-refractivity contribution in [2.75, 3.05) is 0 Å². The van der Waals surface area contributed by atoms with Gasteiger partial charge >= 0.3 is 0 Å². The number of benzene rings is 1. The van der Waals surface area contributed by atoms with E-state index in [0.29, 0.717) is 18.3 Å². The van der Waals surface area contributed by atoms with Crippen molar-refractivity contribution in [2.45, 2.75) is 31.7 Å². The molecule has 0 radical (unpaired) electrons. The van der Waals surface area contributed by atoms with Crippen LogP contribution in [0, 0.1) is 12.7 Å². The maximum atomic E-state index is 13.6. The van der Waals surface area contributed by atoms with Gasteiger partial charge in [0.1, 0.15) is 12.4 Å². The fourth-order valence-corrected chi connectivity index (χ4v) is 3.39. The Morgan fingerprint density at radius 1 is 1.23 bits per heavy atom. The number of rotatable bonds is 4. The van der Waals surface area contributed by atoms with E-state index in [4.69, 9.17) is 4.52 Å². The summed E-state index contributed by atoms with van der Waals surface area (Å²) in [5.74, 6) is 0.829. The minimum atomic E-state index is -0.328. The molecule has 0 spiro atoms. The van der Waals surface area contributed by atoms with Gasteiger partial charge in [-0.1, -0.05) is 17.3 Å². The normalized spacial score (nSPS) is 15.5. The van der Waals surface area contributed by atoms with Gasteiger partial charge in [0.15, 0.2) is 11.5 Å². The first kappa shape index (κ1) is 15.2. The molecule has 3 heterocycles. The summed E-state index contributed by atoms with van der Waals surface area (Å²) in [4.78, 5) is 8.99. The molecule has 1 aromatic carbocycles. The molecule has 130 valence electrons. The van der Waals surface area contributed by atoms with Gasteiger partial charge in [0.2, 0.25) is 5.89 Å². The average Bonchev–Trinajstić information content (AvgIpc) is 3.16. The molecular weight excluding hydrogens is 333 g/mol. The second-order valence-electron chi connectivity index (χ2n) is 6.83. The number of pyridine rings is 1. The van der Waals surface area contributed by atoms with Gasteiger partial charge in [0.05, 0.1) is 11.6 Å². The zero-order chi connectivity index (χ0) is 17.7. The molecule has 0 aliphatic heterocycles. The van der Waals surface area contributed by atoms with Crippen LogP contribution in [0.1, 0.15) is 35.7 Å². The molecule has 1 fully saturated rings. The molecule has 0 saturated heterocycles. The summed E-state index contributed by atoms with van der Waals surface area (Å²) in [6.07, 6.45) is 5.37. The molecule has 1 aliphatic carbocycles. The van der Waals surface area contributed by atoms with Crippen molar-refractivity contribution in [3.63, 3.8) is 0 Å². The molecule has 5 rings (SSSR count). The lowest BCUT2D eigenvalue weighted by Crippen LogP contribution is -2.11.